The molecule has 1 N–H and O–H groups in total. The Balaban J connectivity index is 2.22. The molecule has 0 radical (unpaired) electrons. The van der Waals surface area contributed by atoms with Crippen LogP contribution in [0, 0.1) is 19.3 Å². The minimum atomic E-state index is -0.172. The van der Waals surface area contributed by atoms with Gasteiger partial charge in [-0.15, -0.1) is 6.42 Å². The molecule has 0 aliphatic heterocycles. The Morgan fingerprint density at radius 2 is 2.05 bits per heavy atom. The van der Waals surface area contributed by atoms with E-state index in [-0.39, 0.29) is 5.91 Å². The van der Waals surface area contributed by atoms with Crippen molar-refractivity contribution in [2.75, 3.05) is 5.32 Å². The molecule has 0 aliphatic carbocycles. The first-order chi connectivity index (χ1) is 9.10. The first kappa shape index (κ1) is 13.2. The van der Waals surface area contributed by atoms with Crippen molar-refractivity contribution < 1.29 is 4.79 Å². The third-order valence-electron chi connectivity index (χ3n) is 2.66. The van der Waals surface area contributed by atoms with Gasteiger partial charge in [0.1, 0.15) is 0 Å². The Morgan fingerprint density at radius 3 is 2.74 bits per heavy atom. The van der Waals surface area contributed by atoms with Crippen LogP contribution in [-0.4, -0.2) is 5.91 Å². The summed E-state index contributed by atoms with van der Waals surface area (Å²) in [5, 5.41) is 3.29. The zero-order chi connectivity index (χ0) is 13.8. The molecule has 2 rings (SSSR count). The summed E-state index contributed by atoms with van der Waals surface area (Å²) in [4.78, 5) is 12.1. The number of nitrogens with one attached hydrogen (secondary N) is 1. The lowest BCUT2D eigenvalue weighted by Gasteiger charge is -2.07. The lowest BCUT2D eigenvalue weighted by Crippen LogP contribution is -2.12. The number of carbonyl (C=O) groups excluding carboxylic acids is 1. The van der Waals surface area contributed by atoms with E-state index in [4.69, 9.17) is 18.0 Å². The first-order valence-electron chi connectivity index (χ1n) is 5.74. The standard InChI is InChI=1S/C16H12ClNO/c1-3-12-10-14(7-8-15(12)17)18-16(19)13-6-4-5-11(2)9-13/h1,4-10H,2H3,(H,18,19). The second kappa shape index (κ2) is 5.60. The number of hydrogen-bond acceptors (Lipinski definition) is 1. The van der Waals surface area contributed by atoms with E-state index in [1.807, 2.05) is 25.1 Å². The molecule has 0 aliphatic rings. The number of halogens is 1. The van der Waals surface area contributed by atoms with E-state index in [1.165, 1.54) is 0 Å². The van der Waals surface area contributed by atoms with Gasteiger partial charge in [0.15, 0.2) is 0 Å². The van der Waals surface area contributed by atoms with E-state index < -0.39 is 0 Å². The maximum absolute atomic E-state index is 12.1. The average molecular weight is 270 g/mol. The fourth-order valence-electron chi connectivity index (χ4n) is 1.70. The van der Waals surface area contributed by atoms with Gasteiger partial charge in [0.25, 0.3) is 5.91 Å². The molecule has 1 amide bonds. The molecule has 2 nitrogen and oxygen atoms in total. The van der Waals surface area contributed by atoms with Crippen LogP contribution < -0.4 is 5.32 Å². The summed E-state index contributed by atoms with van der Waals surface area (Å²) in [6, 6.07) is 12.4. The SMILES string of the molecule is C#Cc1cc(NC(=O)c2cccc(C)c2)ccc1Cl. The van der Waals surface area contributed by atoms with Crippen molar-refractivity contribution in [3.05, 3.63) is 64.2 Å². The smallest absolute Gasteiger partial charge is 0.255 e. The molecule has 0 saturated heterocycles. The van der Waals surface area contributed by atoms with Gasteiger partial charge in [0, 0.05) is 16.8 Å². The Kier molecular flexibility index (Phi) is 3.89. The predicted octanol–water partition coefficient (Wildman–Crippen LogP) is 3.88. The molecule has 19 heavy (non-hydrogen) atoms. The maximum atomic E-state index is 12.1. The number of aryl methyl sites for hydroxylation is 1. The monoisotopic (exact) mass is 269 g/mol. The van der Waals surface area contributed by atoms with Gasteiger partial charge in [-0.2, -0.15) is 0 Å². The highest BCUT2D eigenvalue weighted by Crippen LogP contribution is 2.20. The van der Waals surface area contributed by atoms with E-state index >= 15 is 0 Å². The summed E-state index contributed by atoms with van der Waals surface area (Å²) in [7, 11) is 0. The summed E-state index contributed by atoms with van der Waals surface area (Å²) in [6.45, 7) is 1.94. The zero-order valence-corrected chi connectivity index (χ0v) is 11.2. The third kappa shape index (κ3) is 3.15. The van der Waals surface area contributed by atoms with Gasteiger partial charge in [-0.3, -0.25) is 4.79 Å². The van der Waals surface area contributed by atoms with Crippen LogP contribution in [0.5, 0.6) is 0 Å². The molecule has 0 fully saturated rings. The topological polar surface area (TPSA) is 29.1 Å². The summed E-state index contributed by atoms with van der Waals surface area (Å²) in [5.74, 6) is 2.30. The highest BCUT2D eigenvalue weighted by Gasteiger charge is 2.07. The van der Waals surface area contributed by atoms with Crippen LogP contribution in [0.3, 0.4) is 0 Å². The minimum absolute atomic E-state index is 0.172. The van der Waals surface area contributed by atoms with Crippen molar-refractivity contribution in [2.45, 2.75) is 6.92 Å². The highest BCUT2D eigenvalue weighted by molar-refractivity contribution is 6.31. The molecule has 0 atom stereocenters. The molecule has 2 aromatic carbocycles. The summed E-state index contributed by atoms with van der Waals surface area (Å²) in [6.07, 6.45) is 5.33. The van der Waals surface area contributed by atoms with E-state index in [2.05, 4.69) is 11.2 Å². The van der Waals surface area contributed by atoms with Gasteiger partial charge in [-0.05, 0) is 37.3 Å². The first-order valence-corrected chi connectivity index (χ1v) is 6.12. The third-order valence-corrected chi connectivity index (χ3v) is 2.99. The Bertz CT molecular complexity index is 671. The molecular formula is C16H12ClNO. The summed E-state index contributed by atoms with van der Waals surface area (Å²) < 4.78 is 0. The molecular weight excluding hydrogens is 258 g/mol. The van der Waals surface area contributed by atoms with Crippen molar-refractivity contribution in [2.24, 2.45) is 0 Å². The molecule has 0 heterocycles. The van der Waals surface area contributed by atoms with E-state index in [0.717, 1.165) is 5.56 Å². The largest absolute Gasteiger partial charge is 0.322 e. The number of hydrogen-bond donors (Lipinski definition) is 1. The summed E-state index contributed by atoms with van der Waals surface area (Å²) in [5.41, 5.74) is 2.83. The van der Waals surface area contributed by atoms with Crippen LogP contribution in [0.2, 0.25) is 5.02 Å². The molecule has 0 bridgehead atoms. The lowest BCUT2D eigenvalue weighted by molar-refractivity contribution is 0.102. The number of rotatable bonds is 2. The van der Waals surface area contributed by atoms with Crippen molar-refractivity contribution >= 4 is 23.2 Å². The van der Waals surface area contributed by atoms with Gasteiger partial charge in [-0.1, -0.05) is 35.2 Å². The van der Waals surface area contributed by atoms with Gasteiger partial charge in [-0.25, -0.2) is 0 Å². The number of terminal acetylenes is 1. The molecule has 0 aromatic heterocycles. The average Bonchev–Trinajstić information content (AvgIpc) is 2.41. The molecule has 2 aromatic rings. The Labute approximate surface area is 117 Å². The van der Waals surface area contributed by atoms with E-state index in [1.54, 1.807) is 24.3 Å². The van der Waals surface area contributed by atoms with Crippen LogP contribution in [-0.2, 0) is 0 Å². The minimum Gasteiger partial charge on any atom is -0.322 e. The van der Waals surface area contributed by atoms with Gasteiger partial charge in [0.05, 0.1) is 5.02 Å². The molecule has 94 valence electrons. The van der Waals surface area contributed by atoms with Crippen molar-refractivity contribution in [1.82, 2.24) is 0 Å². The number of benzene rings is 2. The van der Waals surface area contributed by atoms with Crippen LogP contribution in [0.25, 0.3) is 0 Å². The molecule has 0 saturated carbocycles. The van der Waals surface area contributed by atoms with Crippen LogP contribution in [0.1, 0.15) is 21.5 Å². The van der Waals surface area contributed by atoms with Gasteiger partial charge in [0.2, 0.25) is 0 Å². The van der Waals surface area contributed by atoms with Crippen LogP contribution in [0.15, 0.2) is 42.5 Å². The lowest BCUT2D eigenvalue weighted by atomic mass is 10.1. The number of amides is 1. The number of anilines is 1. The maximum Gasteiger partial charge on any atom is 0.255 e. The quantitative estimate of drug-likeness (QED) is 0.824. The Morgan fingerprint density at radius 1 is 1.26 bits per heavy atom. The van der Waals surface area contributed by atoms with Gasteiger partial charge < -0.3 is 5.32 Å². The Hall–Kier alpha value is -2.24. The predicted molar refractivity (Wildman–Crippen MR) is 78.5 cm³/mol. The highest BCUT2D eigenvalue weighted by atomic mass is 35.5. The van der Waals surface area contributed by atoms with E-state index in [0.29, 0.717) is 21.8 Å². The second-order valence-corrected chi connectivity index (χ2v) is 4.57. The number of carbonyl (C=O) groups is 1. The fraction of sp³-hybridized carbons (Fsp3) is 0.0625. The van der Waals surface area contributed by atoms with Crippen LogP contribution >= 0.6 is 11.6 Å². The fourth-order valence-corrected chi connectivity index (χ4v) is 1.88. The normalized spacial score (nSPS) is 9.74. The van der Waals surface area contributed by atoms with Crippen molar-refractivity contribution in [1.29, 1.82) is 0 Å². The van der Waals surface area contributed by atoms with Crippen molar-refractivity contribution in [3.8, 4) is 12.3 Å². The van der Waals surface area contributed by atoms with Crippen LogP contribution in [0.4, 0.5) is 5.69 Å². The van der Waals surface area contributed by atoms with E-state index in [9.17, 15) is 4.79 Å². The van der Waals surface area contributed by atoms with Crippen molar-refractivity contribution in [3.63, 3.8) is 0 Å². The molecule has 3 heteroatoms. The molecule has 0 spiro atoms. The molecule has 0 unspecified atom stereocenters. The second-order valence-electron chi connectivity index (χ2n) is 4.16. The van der Waals surface area contributed by atoms with Gasteiger partial charge >= 0.3 is 0 Å². The zero-order valence-electron chi connectivity index (χ0n) is 10.4. The summed E-state index contributed by atoms with van der Waals surface area (Å²) >= 11 is 5.92.